The third-order valence-electron chi connectivity index (χ3n) is 13.4. The van der Waals surface area contributed by atoms with Gasteiger partial charge in [-0.1, -0.05) is 54.4 Å². The van der Waals surface area contributed by atoms with E-state index in [4.69, 9.17) is 16.3 Å². The lowest BCUT2D eigenvalue weighted by molar-refractivity contribution is -0.141. The molecule has 1 unspecified atom stereocenters. The van der Waals surface area contributed by atoms with E-state index in [0.29, 0.717) is 23.7 Å². The molecule has 5 atom stereocenters. The molecule has 0 spiro atoms. The Hall–Kier alpha value is -5.25. The number of aryl methyl sites for hydroxylation is 2. The highest BCUT2D eigenvalue weighted by molar-refractivity contribution is 7.92. The monoisotopic (exact) mass is 1060 g/mol. The number of ether oxygens (including phenoxy) is 1. The molecule has 2 amide bonds. The van der Waals surface area contributed by atoms with Gasteiger partial charge in [0, 0.05) is 31.6 Å². The summed E-state index contributed by atoms with van der Waals surface area (Å²) in [5, 5.41) is 37.8. The van der Waals surface area contributed by atoms with E-state index in [1.54, 1.807) is 56.6 Å². The maximum atomic E-state index is 14.3. The van der Waals surface area contributed by atoms with Crippen molar-refractivity contribution in [2.24, 2.45) is 0 Å². The average molecular weight is 1060 g/mol. The van der Waals surface area contributed by atoms with E-state index in [-0.39, 0.29) is 52.5 Å². The molecule has 7 N–H and O–H groups in total. The quantitative estimate of drug-likeness (QED) is 0.0220. The van der Waals surface area contributed by atoms with Crippen molar-refractivity contribution < 1.29 is 33.0 Å². The second-order valence-corrected chi connectivity index (χ2v) is 23.5. The molecule has 3 aromatic carbocycles. The Morgan fingerprint density at radius 3 is 2.40 bits per heavy atom. The number of likely N-dealkylation sites (N-methyl/N-ethyl adjacent to an activating group) is 1. The second-order valence-electron chi connectivity index (χ2n) is 19.8. The van der Waals surface area contributed by atoms with Crippen molar-refractivity contribution in [1.82, 2.24) is 40.7 Å². The maximum absolute atomic E-state index is 14.3. The van der Waals surface area contributed by atoms with Crippen molar-refractivity contribution in [3.63, 3.8) is 0 Å². The van der Waals surface area contributed by atoms with Crippen molar-refractivity contribution in [1.29, 1.82) is 0 Å². The Bertz CT molecular complexity index is 2780. The van der Waals surface area contributed by atoms with Gasteiger partial charge in [0.05, 0.1) is 63.1 Å². The number of sulfone groups is 1. The van der Waals surface area contributed by atoms with Gasteiger partial charge in [-0.3, -0.25) is 14.9 Å². The first kappa shape index (κ1) is 57.0. The van der Waals surface area contributed by atoms with Crippen LogP contribution >= 0.6 is 22.9 Å². The number of halogens is 1. The number of para-hydroxylation sites is 1. The molecule has 0 saturated carbocycles. The number of benzene rings is 3. The molecular weight excluding hydrogens is 988 g/mol. The number of aliphatic hydroxyl groups excluding tert-OH is 2. The van der Waals surface area contributed by atoms with E-state index >= 15 is 0 Å². The molecule has 1 fully saturated rings. The molecule has 0 radical (unpaired) electrons. The smallest absolute Gasteiger partial charge is 0.247 e. The summed E-state index contributed by atoms with van der Waals surface area (Å²) in [4.78, 5) is 45.2. The summed E-state index contributed by atoms with van der Waals surface area (Å²) in [5.41, 5.74) is 7.20. The first-order valence-corrected chi connectivity index (χ1v) is 27.6. The predicted molar refractivity (Wildman–Crippen MR) is 291 cm³/mol. The highest BCUT2D eigenvalue weighted by atomic mass is 35.5. The summed E-state index contributed by atoms with van der Waals surface area (Å²) in [6, 6.07) is 16.8. The van der Waals surface area contributed by atoms with Crippen LogP contribution in [-0.4, -0.2) is 131 Å². The molecular formula is C53H73ClN10O7S2. The lowest BCUT2D eigenvalue weighted by Gasteiger charge is -2.39. The Morgan fingerprint density at radius 2 is 1.73 bits per heavy atom. The van der Waals surface area contributed by atoms with E-state index in [1.807, 2.05) is 76.5 Å². The highest BCUT2D eigenvalue weighted by Crippen LogP contribution is 2.34. The minimum atomic E-state index is -3.58. The number of hydrogen-bond acceptors (Lipinski definition) is 16. The number of rotatable bonds is 25. The Balaban J connectivity index is 0.970. The molecule has 20 heteroatoms. The Morgan fingerprint density at radius 1 is 1.00 bits per heavy atom. The normalized spacial score (nSPS) is 16.4. The average Bonchev–Trinajstić information content (AvgIpc) is 3.97. The van der Waals surface area contributed by atoms with Crippen LogP contribution in [0, 0.1) is 13.8 Å². The number of thiazole rings is 1. The SMILES string of the molecule is COc1cc(CCN(C)CCCCCNC(C)(C)[C@H](NC(C)=O)C(=O)N2C[C@H](O)C[C@H]2C(O)N[C@@H](C)c2ccc(-c3scnc3C)cc2)c(C)cc1Nc1ncc(Cl)c(Nc2ccccc2S(=O)(=O)C(C)C)n1. The van der Waals surface area contributed by atoms with Crippen molar-refractivity contribution >= 4 is 67.7 Å². The number of nitrogens with zero attached hydrogens (tertiary/aromatic N) is 5. The number of likely N-dealkylation sites (tertiary alicyclic amines) is 1. The standard InChI is InChI=1S/C53H73ClN10O7S2/c1-32(2)73(69,70)46-17-13-12-16-42(46)60-49-41(54)29-55-52(62-49)61-43-26-33(3)39(27-45(43)71-10)22-25-63(9)24-15-11-14-23-57-53(7,8)48(59-36(6)65)51(68)64-30-40(66)28-44(64)50(67)58-34(4)37-18-20-38(21-19-37)47-35(5)56-31-72-47/h12-13,16-21,26-27,29,31-32,34,40,44,48,50,57-58,66-67H,11,14-15,22-25,28,30H2,1-10H3,(H,59,65)(H2,55,60,61,62)/t34-,40+,44-,48+,50?/m0/s1. The maximum Gasteiger partial charge on any atom is 0.247 e. The molecule has 6 rings (SSSR count). The van der Waals surface area contributed by atoms with E-state index in [1.165, 1.54) is 18.0 Å². The fraction of sp³-hybridized carbons (Fsp3) is 0.491. The van der Waals surface area contributed by atoms with Crippen molar-refractivity contribution in [3.05, 3.63) is 99.8 Å². The molecule has 1 aliphatic rings. The highest BCUT2D eigenvalue weighted by Gasteiger charge is 2.45. The van der Waals surface area contributed by atoms with Crippen LogP contribution in [0.2, 0.25) is 5.02 Å². The van der Waals surface area contributed by atoms with Gasteiger partial charge in [0.1, 0.15) is 23.0 Å². The molecule has 5 aromatic rings. The van der Waals surface area contributed by atoms with Gasteiger partial charge in [-0.2, -0.15) is 4.98 Å². The minimum absolute atomic E-state index is 0.0441. The Labute approximate surface area is 439 Å². The minimum Gasteiger partial charge on any atom is -0.495 e. The molecule has 17 nitrogen and oxygen atoms in total. The van der Waals surface area contributed by atoms with Crippen LogP contribution in [0.25, 0.3) is 10.4 Å². The van der Waals surface area contributed by atoms with Gasteiger partial charge in [-0.15, -0.1) is 11.3 Å². The van der Waals surface area contributed by atoms with Gasteiger partial charge in [-0.25, -0.2) is 18.4 Å². The summed E-state index contributed by atoms with van der Waals surface area (Å²) in [5.74, 6) is 0.382. The van der Waals surface area contributed by atoms with Gasteiger partial charge >= 0.3 is 0 Å². The first-order chi connectivity index (χ1) is 34.6. The third kappa shape index (κ3) is 14.7. The van der Waals surface area contributed by atoms with Crippen LogP contribution in [0.3, 0.4) is 0 Å². The van der Waals surface area contributed by atoms with Crippen molar-refractivity contribution in [3.8, 4) is 16.2 Å². The predicted octanol–water partition coefficient (Wildman–Crippen LogP) is 7.70. The van der Waals surface area contributed by atoms with Crippen LogP contribution in [0.15, 0.2) is 77.3 Å². The number of carbonyl (C=O) groups is 2. The Kier molecular flexibility index (Phi) is 19.8. The van der Waals surface area contributed by atoms with Crippen LogP contribution in [0.1, 0.15) is 95.7 Å². The van der Waals surface area contributed by atoms with E-state index in [9.17, 15) is 28.2 Å². The van der Waals surface area contributed by atoms with Gasteiger partial charge in [0.2, 0.25) is 17.8 Å². The number of unbranched alkanes of at least 4 members (excludes halogenated alkanes) is 2. The van der Waals surface area contributed by atoms with E-state index in [2.05, 4.69) is 53.5 Å². The van der Waals surface area contributed by atoms with Crippen LogP contribution in [0.4, 0.5) is 23.1 Å². The number of β-amino-alcohol motifs (C(OH)–C–C–N with tert-alkyl or cyclic N) is 1. The molecule has 0 aliphatic carbocycles. The van der Waals surface area contributed by atoms with Crippen molar-refractivity contribution in [2.45, 2.75) is 134 Å². The lowest BCUT2D eigenvalue weighted by atomic mass is 9.92. The van der Waals surface area contributed by atoms with Crippen LogP contribution in [-0.2, 0) is 25.8 Å². The van der Waals surface area contributed by atoms with Crippen molar-refractivity contribution in [2.75, 3.05) is 51.0 Å². The first-order valence-electron chi connectivity index (χ1n) is 24.8. The summed E-state index contributed by atoms with van der Waals surface area (Å²) >= 11 is 8.07. The van der Waals surface area contributed by atoms with Crippen LogP contribution < -0.4 is 31.3 Å². The summed E-state index contributed by atoms with van der Waals surface area (Å²) in [6.45, 7) is 16.8. The number of hydrogen-bond donors (Lipinski definition) is 7. The molecule has 1 aliphatic heterocycles. The number of methoxy groups -OCH3 is 1. The summed E-state index contributed by atoms with van der Waals surface area (Å²) in [6.07, 6.45) is 3.23. The van der Waals surface area contributed by atoms with E-state index in [0.717, 1.165) is 71.6 Å². The van der Waals surface area contributed by atoms with Gasteiger partial charge < -0.3 is 46.0 Å². The molecule has 73 heavy (non-hydrogen) atoms. The van der Waals surface area contributed by atoms with E-state index < -0.39 is 45.0 Å². The zero-order valence-electron chi connectivity index (χ0n) is 43.6. The topological polar surface area (TPSA) is 223 Å². The van der Waals surface area contributed by atoms with Crippen LogP contribution in [0.5, 0.6) is 5.75 Å². The fourth-order valence-electron chi connectivity index (χ4n) is 9.00. The second kappa shape index (κ2) is 25.3. The number of aromatic nitrogens is 3. The molecule has 2 aromatic heterocycles. The lowest BCUT2D eigenvalue weighted by Crippen LogP contribution is -2.65. The number of amides is 2. The third-order valence-corrected chi connectivity index (χ3v) is 16.9. The molecule has 396 valence electrons. The van der Waals surface area contributed by atoms with Gasteiger partial charge in [0.15, 0.2) is 15.7 Å². The summed E-state index contributed by atoms with van der Waals surface area (Å²) in [7, 11) is 0.124. The number of nitrogens with one attached hydrogen (secondary N) is 5. The van der Waals surface area contributed by atoms with Gasteiger partial charge in [-0.05, 0) is 141 Å². The molecule has 0 bridgehead atoms. The number of aliphatic hydroxyl groups is 2. The molecule has 3 heterocycles. The zero-order chi connectivity index (χ0) is 53.2. The number of anilines is 4. The fourth-order valence-corrected chi connectivity index (χ4v) is 11.2. The number of carbonyl (C=O) groups excluding carboxylic acids is 2. The van der Waals surface area contributed by atoms with Gasteiger partial charge in [0.25, 0.3) is 0 Å². The summed E-state index contributed by atoms with van der Waals surface area (Å²) < 4.78 is 31.9. The largest absolute Gasteiger partial charge is 0.495 e. The molecule has 1 saturated heterocycles. The zero-order valence-corrected chi connectivity index (χ0v) is 46.0.